The number of hydrogen-bond acceptors (Lipinski definition) is 4. The summed E-state index contributed by atoms with van der Waals surface area (Å²) in [6, 6.07) is 6.45. The average molecular weight is 344 g/mol. The zero-order valence-corrected chi connectivity index (χ0v) is 14.6. The Morgan fingerprint density at radius 3 is 2.35 bits per heavy atom. The molecule has 0 spiro atoms. The summed E-state index contributed by atoms with van der Waals surface area (Å²) in [7, 11) is 0. The molecule has 7 heteroatoms. The molecule has 0 aromatic heterocycles. The van der Waals surface area contributed by atoms with Crippen LogP contribution < -0.4 is 21.1 Å². The lowest BCUT2D eigenvalue weighted by Crippen LogP contribution is -2.44. The minimum absolute atomic E-state index is 0. The number of rotatable bonds is 8. The monoisotopic (exact) mass is 343 g/mol. The second kappa shape index (κ2) is 10.9. The molecule has 0 aliphatic rings. The lowest BCUT2D eigenvalue weighted by molar-refractivity contribution is -0.125. The number of carbonyl (C=O) groups excluding carboxylic acids is 2. The maximum atomic E-state index is 11.8. The van der Waals surface area contributed by atoms with Crippen molar-refractivity contribution in [3.05, 3.63) is 24.3 Å². The van der Waals surface area contributed by atoms with Crippen molar-refractivity contribution in [3.63, 3.8) is 0 Å². The zero-order valence-electron chi connectivity index (χ0n) is 13.8. The quantitative estimate of drug-likeness (QED) is 0.672. The molecule has 1 aromatic rings. The van der Waals surface area contributed by atoms with E-state index in [-0.39, 0.29) is 30.8 Å². The predicted molar refractivity (Wildman–Crippen MR) is 93.9 cm³/mol. The Balaban J connectivity index is 0.00000484. The highest BCUT2D eigenvalue weighted by molar-refractivity contribution is 5.95. The number of amides is 2. The van der Waals surface area contributed by atoms with E-state index in [2.05, 4.69) is 10.6 Å². The van der Waals surface area contributed by atoms with E-state index in [4.69, 9.17) is 10.5 Å². The van der Waals surface area contributed by atoms with Gasteiger partial charge in [-0.25, -0.2) is 0 Å². The lowest BCUT2D eigenvalue weighted by Gasteiger charge is -2.14. The molecule has 4 N–H and O–H groups in total. The molecular formula is C16H26ClN3O3. The van der Waals surface area contributed by atoms with E-state index >= 15 is 0 Å². The molecule has 0 bridgehead atoms. The Morgan fingerprint density at radius 2 is 1.83 bits per heavy atom. The summed E-state index contributed by atoms with van der Waals surface area (Å²) in [5.74, 6) is 0.469. The Bertz CT molecular complexity index is 492. The van der Waals surface area contributed by atoms with Crippen LogP contribution in [0.1, 0.15) is 27.2 Å². The highest BCUT2D eigenvalue weighted by atomic mass is 35.5. The maximum absolute atomic E-state index is 11.8. The number of ether oxygens (including phenoxy) is 1. The number of halogens is 1. The van der Waals surface area contributed by atoms with E-state index in [0.29, 0.717) is 24.6 Å². The van der Waals surface area contributed by atoms with Gasteiger partial charge in [-0.1, -0.05) is 13.8 Å². The first-order valence-corrected chi connectivity index (χ1v) is 7.48. The van der Waals surface area contributed by atoms with Crippen molar-refractivity contribution in [1.29, 1.82) is 0 Å². The fourth-order valence-electron chi connectivity index (χ4n) is 1.92. The number of carbonyl (C=O) groups is 2. The van der Waals surface area contributed by atoms with Gasteiger partial charge in [0.25, 0.3) is 0 Å². The molecule has 0 unspecified atom stereocenters. The van der Waals surface area contributed by atoms with Gasteiger partial charge in [0.2, 0.25) is 11.8 Å². The van der Waals surface area contributed by atoms with Crippen molar-refractivity contribution in [2.24, 2.45) is 11.7 Å². The van der Waals surface area contributed by atoms with Crippen molar-refractivity contribution >= 4 is 29.9 Å². The molecule has 0 heterocycles. The predicted octanol–water partition coefficient (Wildman–Crippen LogP) is 1.94. The van der Waals surface area contributed by atoms with Crippen molar-refractivity contribution in [2.45, 2.75) is 33.2 Å². The normalized spacial score (nSPS) is 11.3. The number of nitrogens with two attached hydrogens (primary N) is 1. The molecule has 2 amide bonds. The van der Waals surface area contributed by atoms with Gasteiger partial charge in [-0.05, 0) is 43.5 Å². The van der Waals surface area contributed by atoms with Crippen LogP contribution in [0.3, 0.4) is 0 Å². The first-order chi connectivity index (χ1) is 10.4. The molecule has 0 radical (unpaired) electrons. The highest BCUT2D eigenvalue weighted by Gasteiger charge is 2.15. The van der Waals surface area contributed by atoms with Gasteiger partial charge in [0.1, 0.15) is 5.75 Å². The number of benzene rings is 1. The van der Waals surface area contributed by atoms with Gasteiger partial charge in [0, 0.05) is 5.69 Å². The Hall–Kier alpha value is -1.79. The van der Waals surface area contributed by atoms with Crippen molar-refractivity contribution in [3.8, 4) is 5.75 Å². The molecule has 6 nitrogen and oxygen atoms in total. The number of hydrogen-bond donors (Lipinski definition) is 3. The molecule has 1 aromatic carbocycles. The molecule has 1 rings (SSSR count). The second-order valence-electron chi connectivity index (χ2n) is 5.46. The zero-order chi connectivity index (χ0) is 16.5. The van der Waals surface area contributed by atoms with Gasteiger partial charge >= 0.3 is 0 Å². The SMILES string of the molecule is CCOc1ccc(NC(=O)CNC(=O)[C@@H](N)CC(C)C)cc1.Cl. The number of nitrogens with one attached hydrogen (secondary N) is 2. The maximum Gasteiger partial charge on any atom is 0.243 e. The Morgan fingerprint density at radius 1 is 1.22 bits per heavy atom. The van der Waals surface area contributed by atoms with Crippen molar-refractivity contribution in [1.82, 2.24) is 5.32 Å². The third kappa shape index (κ3) is 8.42. The Labute approximate surface area is 143 Å². The topological polar surface area (TPSA) is 93.5 Å². The van der Waals surface area contributed by atoms with Gasteiger partial charge in [0.05, 0.1) is 19.2 Å². The molecular weight excluding hydrogens is 318 g/mol. The van der Waals surface area contributed by atoms with E-state index in [1.165, 1.54) is 0 Å². The second-order valence-corrected chi connectivity index (χ2v) is 5.46. The molecule has 0 saturated carbocycles. The standard InChI is InChI=1S/C16H25N3O3.ClH/c1-4-22-13-7-5-12(6-8-13)19-15(20)10-18-16(21)14(17)9-11(2)3;/h5-8,11,14H,4,9-10,17H2,1-3H3,(H,18,21)(H,19,20);1H/t14-;/m0./s1. The third-order valence-corrected chi connectivity index (χ3v) is 2.93. The van der Waals surface area contributed by atoms with Gasteiger partial charge in [-0.2, -0.15) is 0 Å². The fourth-order valence-corrected chi connectivity index (χ4v) is 1.92. The van der Waals surface area contributed by atoms with Crippen LogP contribution in [0.4, 0.5) is 5.69 Å². The average Bonchev–Trinajstić information content (AvgIpc) is 2.46. The fraction of sp³-hybridized carbons (Fsp3) is 0.500. The van der Waals surface area contributed by atoms with Crippen LogP contribution in [-0.2, 0) is 9.59 Å². The minimum atomic E-state index is -0.585. The van der Waals surface area contributed by atoms with Crippen LogP contribution in [0.2, 0.25) is 0 Å². The van der Waals surface area contributed by atoms with Crippen LogP contribution in [0.15, 0.2) is 24.3 Å². The molecule has 0 aliphatic heterocycles. The van der Waals surface area contributed by atoms with Crippen molar-refractivity contribution < 1.29 is 14.3 Å². The first-order valence-electron chi connectivity index (χ1n) is 7.48. The highest BCUT2D eigenvalue weighted by Crippen LogP contribution is 2.15. The van der Waals surface area contributed by atoms with E-state index in [1.54, 1.807) is 24.3 Å². The summed E-state index contributed by atoms with van der Waals surface area (Å²) in [6.07, 6.45) is 0.590. The van der Waals surface area contributed by atoms with Gasteiger partial charge < -0.3 is 21.1 Å². The summed E-state index contributed by atoms with van der Waals surface area (Å²) >= 11 is 0. The smallest absolute Gasteiger partial charge is 0.243 e. The molecule has 23 heavy (non-hydrogen) atoms. The third-order valence-electron chi connectivity index (χ3n) is 2.93. The van der Waals surface area contributed by atoms with E-state index in [9.17, 15) is 9.59 Å². The van der Waals surface area contributed by atoms with Crippen LogP contribution in [0.5, 0.6) is 5.75 Å². The molecule has 0 fully saturated rings. The summed E-state index contributed by atoms with van der Waals surface area (Å²) < 4.78 is 5.32. The van der Waals surface area contributed by atoms with Crippen LogP contribution in [-0.4, -0.2) is 31.0 Å². The summed E-state index contributed by atoms with van der Waals surface area (Å²) in [4.78, 5) is 23.5. The van der Waals surface area contributed by atoms with E-state index in [1.807, 2.05) is 20.8 Å². The molecule has 1 atom stereocenters. The first kappa shape index (κ1) is 21.2. The Kier molecular flexibility index (Phi) is 10.0. The summed E-state index contributed by atoms with van der Waals surface area (Å²) in [5, 5.41) is 5.24. The van der Waals surface area contributed by atoms with Crippen molar-refractivity contribution in [2.75, 3.05) is 18.5 Å². The van der Waals surface area contributed by atoms with Crippen LogP contribution in [0.25, 0.3) is 0 Å². The van der Waals surface area contributed by atoms with Gasteiger partial charge in [0.15, 0.2) is 0 Å². The van der Waals surface area contributed by atoms with E-state index in [0.717, 1.165) is 5.75 Å². The lowest BCUT2D eigenvalue weighted by atomic mass is 10.0. The summed E-state index contributed by atoms with van der Waals surface area (Å²) in [6.45, 7) is 6.38. The molecule has 0 aliphatic carbocycles. The minimum Gasteiger partial charge on any atom is -0.494 e. The molecule has 0 saturated heterocycles. The van der Waals surface area contributed by atoms with Crippen LogP contribution in [0, 0.1) is 5.92 Å². The number of anilines is 1. The van der Waals surface area contributed by atoms with Gasteiger partial charge in [-0.15, -0.1) is 12.4 Å². The summed E-state index contributed by atoms with van der Waals surface area (Å²) in [5.41, 5.74) is 6.39. The largest absolute Gasteiger partial charge is 0.494 e. The van der Waals surface area contributed by atoms with Gasteiger partial charge in [-0.3, -0.25) is 9.59 Å². The molecule has 130 valence electrons. The van der Waals surface area contributed by atoms with Crippen LogP contribution >= 0.6 is 12.4 Å². The van der Waals surface area contributed by atoms with E-state index < -0.39 is 6.04 Å².